The standard InChI is InChI=1S/C26H28O15/c1-36-15-3-10(4-16(37-2)21(15)32)25-17(7-12-13(28)5-11(27)6-14(12)39-25)40-26-24(35)23(34)22(33)18(41-26)9-38-20(31)8-19(29)30/h3-7,18,22-28,32-35H,8-9H2,1-2H3,(H,29,30)/p+1. The van der Waals surface area contributed by atoms with Gasteiger partial charge in [-0.2, -0.15) is 0 Å². The first-order chi connectivity index (χ1) is 19.4. The van der Waals surface area contributed by atoms with Gasteiger partial charge in [0.2, 0.25) is 12.0 Å². The number of carbonyl (C=O) groups is 2. The predicted octanol–water partition coefficient (Wildman–Crippen LogP) is -0.000200. The molecule has 0 saturated carbocycles. The number of esters is 1. The fourth-order valence-corrected chi connectivity index (χ4v) is 4.33. The van der Waals surface area contributed by atoms with Crippen LogP contribution in [0.15, 0.2) is 30.0 Å². The van der Waals surface area contributed by atoms with Gasteiger partial charge in [-0.1, -0.05) is 0 Å². The third-order valence-electron chi connectivity index (χ3n) is 6.39. The van der Waals surface area contributed by atoms with Crippen LogP contribution in [0.5, 0.6) is 34.5 Å². The second kappa shape index (κ2) is 12.0. The number of carboxylic acid groups (broad SMARTS) is 1. The molecule has 1 fully saturated rings. The van der Waals surface area contributed by atoms with Crippen LogP contribution in [-0.2, 0) is 23.8 Å². The summed E-state index contributed by atoms with van der Waals surface area (Å²) in [5.41, 5.74) is 0.470. The van der Waals surface area contributed by atoms with Gasteiger partial charge in [0.25, 0.3) is 11.9 Å². The summed E-state index contributed by atoms with van der Waals surface area (Å²) in [5, 5.41) is 70.9. The summed E-state index contributed by atoms with van der Waals surface area (Å²) in [6.07, 6.45) is -9.16. The third kappa shape index (κ3) is 6.17. The van der Waals surface area contributed by atoms with Crippen LogP contribution in [-0.4, -0.2) is 104 Å². The van der Waals surface area contributed by atoms with Gasteiger partial charge in [-0.25, -0.2) is 0 Å². The van der Waals surface area contributed by atoms with E-state index >= 15 is 0 Å². The Morgan fingerprint density at radius 1 is 0.951 bits per heavy atom. The number of aliphatic hydroxyl groups is 4. The highest BCUT2D eigenvalue weighted by Gasteiger charge is 2.47. The van der Waals surface area contributed by atoms with Gasteiger partial charge in [-0.05, 0) is 12.1 Å². The zero-order chi connectivity index (χ0) is 30.0. The van der Waals surface area contributed by atoms with Gasteiger partial charge in [-0.15, -0.1) is 0 Å². The Labute approximate surface area is 231 Å². The van der Waals surface area contributed by atoms with Gasteiger partial charge in [0.1, 0.15) is 54.5 Å². The highest BCUT2D eigenvalue weighted by atomic mass is 16.7. The number of rotatable bonds is 9. The molecule has 2 aromatic carbocycles. The fraction of sp³-hybridized carbons (Fsp3) is 0.385. The van der Waals surface area contributed by atoms with Crippen molar-refractivity contribution < 1.29 is 73.8 Å². The molecule has 0 radical (unpaired) electrons. The zero-order valence-electron chi connectivity index (χ0n) is 21.7. The lowest BCUT2D eigenvalue weighted by Gasteiger charge is -2.40. The quantitative estimate of drug-likeness (QED) is 0.117. The second-order valence-corrected chi connectivity index (χ2v) is 9.14. The Hall–Kier alpha value is -4.44. The first-order valence-corrected chi connectivity index (χ1v) is 12.1. The van der Waals surface area contributed by atoms with E-state index in [1.807, 2.05) is 0 Å². The molecular formula is C26H29O15+. The van der Waals surface area contributed by atoms with E-state index in [9.17, 15) is 40.2 Å². The topological polar surface area (TPSA) is 235 Å². The smallest absolute Gasteiger partial charge is 0.317 e. The number of benzene rings is 2. The number of carboxylic acids is 1. The first-order valence-electron chi connectivity index (χ1n) is 12.1. The molecule has 2 aliphatic rings. The molecule has 0 aromatic heterocycles. The lowest BCUT2D eigenvalue weighted by atomic mass is 9.98. The Kier molecular flexibility index (Phi) is 8.63. The van der Waals surface area contributed by atoms with Crippen molar-refractivity contribution in [2.75, 3.05) is 20.8 Å². The normalized spacial score (nSPS) is 25.2. The van der Waals surface area contributed by atoms with Crippen molar-refractivity contribution in [2.45, 2.75) is 43.2 Å². The fourth-order valence-electron chi connectivity index (χ4n) is 4.33. The van der Waals surface area contributed by atoms with Crippen LogP contribution in [0.3, 0.4) is 0 Å². The number of hydrogen-bond acceptors (Lipinski definition) is 13. The SMILES string of the molecule is COc1cc(C2[OH+]c3cc(O)cc(O)c3C=C2OC2OC(COC(=O)CC(=O)O)C(O)C(O)C2O)cc(OC)c1O. The molecule has 2 aliphatic heterocycles. The number of fused-ring (bicyclic) bond motifs is 1. The molecule has 6 atom stereocenters. The van der Waals surface area contributed by atoms with Crippen LogP contribution in [0.4, 0.5) is 0 Å². The molecule has 0 bridgehead atoms. The maximum absolute atomic E-state index is 11.7. The molecule has 2 heterocycles. The second-order valence-electron chi connectivity index (χ2n) is 9.14. The maximum atomic E-state index is 11.7. The van der Waals surface area contributed by atoms with E-state index in [1.54, 1.807) is 0 Å². The van der Waals surface area contributed by atoms with E-state index in [0.717, 1.165) is 6.07 Å². The third-order valence-corrected chi connectivity index (χ3v) is 6.39. The highest BCUT2D eigenvalue weighted by Crippen LogP contribution is 2.48. The van der Waals surface area contributed by atoms with Crippen molar-refractivity contribution in [1.29, 1.82) is 0 Å². The molecule has 222 valence electrons. The van der Waals surface area contributed by atoms with Crippen LogP contribution < -0.4 is 9.47 Å². The summed E-state index contributed by atoms with van der Waals surface area (Å²) >= 11 is 0. The van der Waals surface area contributed by atoms with E-state index in [4.69, 9.17) is 28.8 Å². The number of carbonyl (C=O) groups excluding carboxylic acids is 1. The molecule has 41 heavy (non-hydrogen) atoms. The molecule has 2 aromatic rings. The lowest BCUT2D eigenvalue weighted by molar-refractivity contribution is -0.296. The minimum atomic E-state index is -1.83. The van der Waals surface area contributed by atoms with Crippen molar-refractivity contribution in [3.8, 4) is 34.5 Å². The van der Waals surface area contributed by atoms with Gasteiger partial charge < -0.3 is 64.2 Å². The number of aliphatic carboxylic acids is 1. The number of methoxy groups -OCH3 is 2. The summed E-state index contributed by atoms with van der Waals surface area (Å²) < 4.78 is 31.3. The number of aliphatic hydroxyl groups excluding tert-OH is 3. The Balaban J connectivity index is 1.69. The van der Waals surface area contributed by atoms with Crippen LogP contribution in [0, 0.1) is 0 Å². The van der Waals surface area contributed by atoms with Crippen LogP contribution in [0.2, 0.25) is 0 Å². The number of hydrogen-bond donors (Lipinski definition) is 7. The molecule has 1 saturated heterocycles. The summed E-state index contributed by atoms with van der Waals surface area (Å²) in [6, 6.07) is 5.22. The van der Waals surface area contributed by atoms with Crippen molar-refractivity contribution >= 4 is 18.0 Å². The average molecular weight is 582 g/mol. The van der Waals surface area contributed by atoms with Gasteiger partial charge in [0.05, 0.1) is 25.8 Å². The molecule has 4 rings (SSSR count). The monoisotopic (exact) mass is 581 g/mol. The van der Waals surface area contributed by atoms with E-state index in [0.29, 0.717) is 5.56 Å². The minimum absolute atomic E-state index is 0.0224. The number of ether oxygens (including phenoxy) is 6. The summed E-state index contributed by atoms with van der Waals surface area (Å²) in [4.78, 5) is 22.4. The first kappa shape index (κ1) is 29.5. The van der Waals surface area contributed by atoms with Gasteiger partial charge in [0, 0.05) is 12.1 Å². The molecular weight excluding hydrogens is 552 g/mol. The van der Waals surface area contributed by atoms with Crippen LogP contribution in [0.25, 0.3) is 6.08 Å². The average Bonchev–Trinajstić information content (AvgIpc) is 2.92. The molecule has 15 heteroatoms. The molecule has 0 amide bonds. The Morgan fingerprint density at radius 3 is 2.22 bits per heavy atom. The summed E-state index contributed by atoms with van der Waals surface area (Å²) in [5.74, 6) is -3.32. The lowest BCUT2D eigenvalue weighted by Crippen LogP contribution is -2.59. The minimum Gasteiger partial charge on any atom is -0.571 e. The largest absolute Gasteiger partial charge is 0.571 e. The molecule has 8 N–H and O–H groups in total. The zero-order valence-corrected chi connectivity index (χ0v) is 21.7. The number of aromatic hydroxyl groups is 4. The van der Waals surface area contributed by atoms with Crippen molar-refractivity contribution in [2.24, 2.45) is 0 Å². The maximum Gasteiger partial charge on any atom is 0.317 e. The van der Waals surface area contributed by atoms with Crippen LogP contribution in [0.1, 0.15) is 23.7 Å². The predicted molar refractivity (Wildman–Crippen MR) is 134 cm³/mol. The molecule has 6 unspecified atom stereocenters. The van der Waals surface area contributed by atoms with Crippen molar-refractivity contribution in [3.63, 3.8) is 0 Å². The van der Waals surface area contributed by atoms with E-state index in [1.165, 1.54) is 38.5 Å². The van der Waals surface area contributed by atoms with Gasteiger partial charge >= 0.3 is 11.9 Å². The Morgan fingerprint density at radius 2 is 1.61 bits per heavy atom. The molecule has 0 spiro atoms. The van der Waals surface area contributed by atoms with E-state index in [-0.39, 0.29) is 45.8 Å². The van der Waals surface area contributed by atoms with E-state index < -0.39 is 61.8 Å². The van der Waals surface area contributed by atoms with Crippen LogP contribution >= 0.6 is 0 Å². The number of phenolic OH excluding ortho intramolecular Hbond substituents is 3. The van der Waals surface area contributed by atoms with Gasteiger partial charge in [0.15, 0.2) is 17.3 Å². The van der Waals surface area contributed by atoms with Crippen molar-refractivity contribution in [3.05, 3.63) is 41.2 Å². The van der Waals surface area contributed by atoms with E-state index in [2.05, 4.69) is 4.74 Å². The summed E-state index contributed by atoms with van der Waals surface area (Å²) in [7, 11) is 2.63. The van der Waals surface area contributed by atoms with Gasteiger partial charge in [-0.3, -0.25) is 9.59 Å². The molecule has 0 aliphatic carbocycles. The number of phenols is 3. The highest BCUT2D eigenvalue weighted by molar-refractivity contribution is 5.90. The summed E-state index contributed by atoms with van der Waals surface area (Å²) in [6.45, 7) is -0.668. The molecule has 15 nitrogen and oxygen atoms in total. The Bertz CT molecular complexity index is 1310. The van der Waals surface area contributed by atoms with Crippen molar-refractivity contribution in [1.82, 2.24) is 0 Å².